The lowest BCUT2D eigenvalue weighted by atomic mass is 10.3. The highest BCUT2D eigenvalue weighted by molar-refractivity contribution is 5.92. The van der Waals surface area contributed by atoms with Gasteiger partial charge in [0.15, 0.2) is 0 Å². The van der Waals surface area contributed by atoms with E-state index in [0.29, 0.717) is 18.7 Å². The van der Waals surface area contributed by atoms with Gasteiger partial charge in [0, 0.05) is 25.2 Å². The van der Waals surface area contributed by atoms with Gasteiger partial charge < -0.3 is 9.88 Å². The van der Waals surface area contributed by atoms with Crippen LogP contribution >= 0.6 is 0 Å². The number of terminal acetylenes is 1. The second kappa shape index (κ2) is 5.26. The van der Waals surface area contributed by atoms with E-state index in [2.05, 4.69) is 11.2 Å². The zero-order valence-electron chi connectivity index (χ0n) is 9.16. The lowest BCUT2D eigenvalue weighted by molar-refractivity contribution is 0.0944. The molecule has 0 bridgehead atoms. The van der Waals surface area contributed by atoms with E-state index in [1.165, 1.54) is 0 Å². The third-order valence-corrected chi connectivity index (χ3v) is 2.12. The first-order valence-corrected chi connectivity index (χ1v) is 5.05. The molecule has 1 aromatic heterocycles. The average Bonchev–Trinajstić information content (AvgIpc) is 2.66. The molecule has 0 atom stereocenters. The molecular weight excluding hydrogens is 188 g/mol. The standard InChI is InChI=1S/C12H16N2O/c1-4-5-8-13-12(15)11-7-6-9-14(11)10(2)3/h1,6-7,9-10H,5,8H2,2-3H3,(H,13,15). The summed E-state index contributed by atoms with van der Waals surface area (Å²) in [7, 11) is 0. The van der Waals surface area contributed by atoms with Gasteiger partial charge in [-0.15, -0.1) is 12.3 Å². The molecule has 0 unspecified atom stereocenters. The van der Waals surface area contributed by atoms with Crippen LogP contribution in [0.4, 0.5) is 0 Å². The minimum Gasteiger partial charge on any atom is -0.350 e. The van der Waals surface area contributed by atoms with E-state index in [1.807, 2.05) is 36.7 Å². The summed E-state index contributed by atoms with van der Waals surface area (Å²) < 4.78 is 1.94. The van der Waals surface area contributed by atoms with Crippen molar-refractivity contribution in [3.05, 3.63) is 24.0 Å². The quantitative estimate of drug-likeness (QED) is 0.589. The summed E-state index contributed by atoms with van der Waals surface area (Å²) in [6.07, 6.45) is 7.57. The Labute approximate surface area is 90.5 Å². The number of nitrogens with zero attached hydrogens (tertiary/aromatic N) is 1. The molecule has 1 N–H and O–H groups in total. The third-order valence-electron chi connectivity index (χ3n) is 2.12. The molecule has 80 valence electrons. The van der Waals surface area contributed by atoms with E-state index in [4.69, 9.17) is 6.42 Å². The molecule has 3 nitrogen and oxygen atoms in total. The van der Waals surface area contributed by atoms with Crippen LogP contribution in [-0.2, 0) is 0 Å². The van der Waals surface area contributed by atoms with Crippen LogP contribution in [0.15, 0.2) is 18.3 Å². The summed E-state index contributed by atoms with van der Waals surface area (Å²) in [4.78, 5) is 11.7. The fourth-order valence-corrected chi connectivity index (χ4v) is 1.38. The number of nitrogens with one attached hydrogen (secondary N) is 1. The van der Waals surface area contributed by atoms with Gasteiger partial charge in [0.2, 0.25) is 0 Å². The van der Waals surface area contributed by atoms with E-state index >= 15 is 0 Å². The Morgan fingerprint density at radius 1 is 1.67 bits per heavy atom. The molecule has 0 saturated heterocycles. The van der Waals surface area contributed by atoms with Crippen LogP contribution in [-0.4, -0.2) is 17.0 Å². The molecule has 0 fully saturated rings. The van der Waals surface area contributed by atoms with Crippen molar-refractivity contribution in [2.75, 3.05) is 6.54 Å². The van der Waals surface area contributed by atoms with Crippen molar-refractivity contribution in [3.8, 4) is 12.3 Å². The second-order valence-corrected chi connectivity index (χ2v) is 3.60. The number of rotatable bonds is 4. The number of hydrogen-bond donors (Lipinski definition) is 1. The number of amides is 1. The molecule has 1 amide bonds. The van der Waals surface area contributed by atoms with Crippen LogP contribution in [0.5, 0.6) is 0 Å². The van der Waals surface area contributed by atoms with Crippen molar-refractivity contribution in [3.63, 3.8) is 0 Å². The summed E-state index contributed by atoms with van der Waals surface area (Å²) >= 11 is 0. The molecule has 15 heavy (non-hydrogen) atoms. The number of carbonyl (C=O) groups excluding carboxylic acids is 1. The fourth-order valence-electron chi connectivity index (χ4n) is 1.38. The van der Waals surface area contributed by atoms with Crippen molar-refractivity contribution in [1.82, 2.24) is 9.88 Å². The highest BCUT2D eigenvalue weighted by Crippen LogP contribution is 2.10. The molecule has 0 aliphatic heterocycles. The van der Waals surface area contributed by atoms with Gasteiger partial charge in [0.25, 0.3) is 5.91 Å². The van der Waals surface area contributed by atoms with Crippen molar-refractivity contribution in [1.29, 1.82) is 0 Å². The van der Waals surface area contributed by atoms with Gasteiger partial charge in [-0.25, -0.2) is 0 Å². The van der Waals surface area contributed by atoms with Gasteiger partial charge in [0.05, 0.1) is 0 Å². The monoisotopic (exact) mass is 204 g/mol. The molecule has 1 heterocycles. The third kappa shape index (κ3) is 2.88. The van der Waals surface area contributed by atoms with Gasteiger partial charge >= 0.3 is 0 Å². The SMILES string of the molecule is C#CCCNC(=O)c1cccn1C(C)C. The Kier molecular flexibility index (Phi) is 3.99. The lowest BCUT2D eigenvalue weighted by Gasteiger charge is -2.12. The normalized spacial score (nSPS) is 10.0. The van der Waals surface area contributed by atoms with E-state index < -0.39 is 0 Å². The zero-order chi connectivity index (χ0) is 11.3. The highest BCUT2D eigenvalue weighted by atomic mass is 16.1. The first kappa shape index (κ1) is 11.4. The van der Waals surface area contributed by atoms with Crippen LogP contribution < -0.4 is 5.32 Å². The van der Waals surface area contributed by atoms with Crippen LogP contribution in [0.1, 0.15) is 36.8 Å². The molecule has 0 saturated carbocycles. The lowest BCUT2D eigenvalue weighted by Crippen LogP contribution is -2.26. The topological polar surface area (TPSA) is 34.0 Å². The number of aromatic nitrogens is 1. The van der Waals surface area contributed by atoms with Crippen LogP contribution in [0, 0.1) is 12.3 Å². The number of carbonyl (C=O) groups is 1. The second-order valence-electron chi connectivity index (χ2n) is 3.60. The van der Waals surface area contributed by atoms with Gasteiger partial charge in [0.1, 0.15) is 5.69 Å². The van der Waals surface area contributed by atoms with Gasteiger partial charge in [-0.3, -0.25) is 4.79 Å². The Morgan fingerprint density at radius 3 is 3.00 bits per heavy atom. The maximum atomic E-state index is 11.7. The van der Waals surface area contributed by atoms with Gasteiger partial charge in [-0.2, -0.15) is 0 Å². The van der Waals surface area contributed by atoms with Gasteiger partial charge in [-0.05, 0) is 26.0 Å². The van der Waals surface area contributed by atoms with E-state index in [9.17, 15) is 4.79 Å². The average molecular weight is 204 g/mol. The maximum Gasteiger partial charge on any atom is 0.267 e. The van der Waals surface area contributed by atoms with Crippen molar-refractivity contribution < 1.29 is 4.79 Å². The molecular formula is C12H16N2O. The summed E-state index contributed by atoms with van der Waals surface area (Å²) in [5.41, 5.74) is 0.682. The van der Waals surface area contributed by atoms with E-state index in [-0.39, 0.29) is 11.9 Å². The smallest absolute Gasteiger partial charge is 0.267 e. The predicted octanol–water partition coefficient (Wildman–Crippen LogP) is 1.82. The summed E-state index contributed by atoms with van der Waals surface area (Å²) in [6, 6.07) is 3.97. The Morgan fingerprint density at radius 2 is 2.40 bits per heavy atom. The molecule has 3 heteroatoms. The van der Waals surface area contributed by atoms with Gasteiger partial charge in [-0.1, -0.05) is 0 Å². The minimum absolute atomic E-state index is 0.0658. The summed E-state index contributed by atoms with van der Waals surface area (Å²) in [5.74, 6) is 2.42. The first-order chi connectivity index (χ1) is 7.16. The minimum atomic E-state index is -0.0658. The molecule has 0 radical (unpaired) electrons. The predicted molar refractivity (Wildman–Crippen MR) is 60.6 cm³/mol. The van der Waals surface area contributed by atoms with E-state index in [0.717, 1.165) is 0 Å². The molecule has 1 aromatic rings. The van der Waals surface area contributed by atoms with Crippen molar-refractivity contribution >= 4 is 5.91 Å². The maximum absolute atomic E-state index is 11.7. The first-order valence-electron chi connectivity index (χ1n) is 5.05. The fraction of sp³-hybridized carbons (Fsp3) is 0.417. The van der Waals surface area contributed by atoms with Crippen molar-refractivity contribution in [2.24, 2.45) is 0 Å². The summed E-state index contributed by atoms with van der Waals surface area (Å²) in [6.45, 7) is 4.61. The van der Waals surface area contributed by atoms with Crippen LogP contribution in [0.2, 0.25) is 0 Å². The number of hydrogen-bond acceptors (Lipinski definition) is 1. The Bertz CT molecular complexity index is 371. The van der Waals surface area contributed by atoms with Crippen LogP contribution in [0.25, 0.3) is 0 Å². The Hall–Kier alpha value is -1.69. The molecule has 1 rings (SSSR count). The summed E-state index contributed by atoms with van der Waals surface area (Å²) in [5, 5.41) is 2.78. The molecule has 0 spiro atoms. The van der Waals surface area contributed by atoms with Crippen LogP contribution in [0.3, 0.4) is 0 Å². The zero-order valence-corrected chi connectivity index (χ0v) is 9.16. The molecule has 0 aliphatic carbocycles. The molecule has 0 aliphatic rings. The largest absolute Gasteiger partial charge is 0.350 e. The molecule has 0 aromatic carbocycles. The highest BCUT2D eigenvalue weighted by Gasteiger charge is 2.11. The van der Waals surface area contributed by atoms with E-state index in [1.54, 1.807) is 0 Å². The van der Waals surface area contributed by atoms with Crippen molar-refractivity contribution in [2.45, 2.75) is 26.3 Å². The Balaban J connectivity index is 2.66.